The largest absolute Gasteiger partial charge is 0.335 e. The fraction of sp³-hybridized carbons (Fsp3) is 0.324. The minimum atomic E-state index is -0.410. The molecule has 0 saturated carbocycles. The van der Waals surface area contributed by atoms with Crippen LogP contribution in [-0.2, 0) is 34.9 Å². The molecule has 0 radical (unpaired) electrons. The van der Waals surface area contributed by atoms with Crippen molar-refractivity contribution in [1.82, 2.24) is 24.6 Å². The van der Waals surface area contributed by atoms with E-state index in [-0.39, 0.29) is 30.5 Å². The molecule has 1 heterocycles. The number of halogens is 2. The predicted molar refractivity (Wildman–Crippen MR) is 179 cm³/mol. The van der Waals surface area contributed by atoms with Crippen molar-refractivity contribution in [3.63, 3.8) is 0 Å². The number of nitrogens with zero attached hydrogens (tertiary/aromatic N) is 6. The molecule has 1 aromatic heterocycles. The van der Waals surface area contributed by atoms with Crippen LogP contribution >= 0.6 is 11.8 Å². The first-order valence-corrected chi connectivity index (χ1v) is 16.2. The van der Waals surface area contributed by atoms with Crippen LogP contribution in [0.4, 0.5) is 8.78 Å². The molecule has 248 valence electrons. The van der Waals surface area contributed by atoms with Crippen LogP contribution in [0.15, 0.2) is 87.9 Å². The van der Waals surface area contributed by atoms with Crippen molar-refractivity contribution >= 4 is 24.1 Å². The summed E-state index contributed by atoms with van der Waals surface area (Å²) in [4.78, 5) is 52.0. The van der Waals surface area contributed by atoms with Crippen molar-refractivity contribution in [2.75, 3.05) is 26.2 Å². The van der Waals surface area contributed by atoms with Gasteiger partial charge in [0.25, 0.3) is 12.0 Å². The Morgan fingerprint density at radius 1 is 0.872 bits per heavy atom. The smallest absolute Gasteiger partial charge is 0.295 e. The van der Waals surface area contributed by atoms with E-state index in [4.69, 9.17) is 9.70 Å². The molecule has 3 aromatic carbocycles. The SMILES string of the molecule is CCc1nn(CC(=O)N(CCN(CC)CC)Cc2ccc(-c3ccc(F)cc3)cc2)c(SCc2ccc(F)cc2)nc1=O.O=CN=O. The molecule has 10 nitrogen and oxygen atoms in total. The molecule has 13 heteroatoms. The third kappa shape index (κ3) is 11.6. The Hall–Kier alpha value is -4.62. The second-order valence-electron chi connectivity index (χ2n) is 10.3. The second-order valence-corrected chi connectivity index (χ2v) is 11.3. The van der Waals surface area contributed by atoms with Crippen molar-refractivity contribution < 1.29 is 18.4 Å². The van der Waals surface area contributed by atoms with Gasteiger partial charge in [-0.15, -0.1) is 4.91 Å². The minimum Gasteiger partial charge on any atom is -0.335 e. The van der Waals surface area contributed by atoms with Crippen molar-refractivity contribution in [3.05, 3.63) is 117 Å². The zero-order valence-corrected chi connectivity index (χ0v) is 27.5. The maximum absolute atomic E-state index is 13.8. The van der Waals surface area contributed by atoms with Crippen LogP contribution in [0.5, 0.6) is 0 Å². The van der Waals surface area contributed by atoms with Gasteiger partial charge in [0.1, 0.15) is 23.9 Å². The zero-order chi connectivity index (χ0) is 34.2. The van der Waals surface area contributed by atoms with Crippen molar-refractivity contribution in [3.8, 4) is 11.1 Å². The Kier molecular flexibility index (Phi) is 15.0. The molecule has 0 bridgehead atoms. The van der Waals surface area contributed by atoms with Gasteiger partial charge >= 0.3 is 0 Å². The summed E-state index contributed by atoms with van der Waals surface area (Å²) in [6, 6.07) is 20.4. The average molecular weight is 665 g/mol. The van der Waals surface area contributed by atoms with Crippen molar-refractivity contribution in [1.29, 1.82) is 0 Å². The number of benzene rings is 3. The molecule has 2 amide bonds. The average Bonchev–Trinajstić information content (AvgIpc) is 3.09. The Morgan fingerprint density at radius 3 is 1.94 bits per heavy atom. The molecule has 0 aliphatic rings. The van der Waals surface area contributed by atoms with Crippen LogP contribution in [0.3, 0.4) is 0 Å². The lowest BCUT2D eigenvalue weighted by atomic mass is 10.0. The van der Waals surface area contributed by atoms with E-state index < -0.39 is 5.56 Å². The first-order chi connectivity index (χ1) is 22.7. The highest BCUT2D eigenvalue weighted by atomic mass is 32.2. The van der Waals surface area contributed by atoms with E-state index >= 15 is 0 Å². The number of amides is 2. The predicted octanol–water partition coefficient (Wildman–Crippen LogP) is 5.72. The molecule has 47 heavy (non-hydrogen) atoms. The zero-order valence-electron chi connectivity index (χ0n) is 26.6. The highest BCUT2D eigenvalue weighted by molar-refractivity contribution is 7.98. The molecular weight excluding hydrogens is 626 g/mol. The van der Waals surface area contributed by atoms with Gasteiger partial charge in [-0.3, -0.25) is 14.4 Å². The fourth-order valence-electron chi connectivity index (χ4n) is 4.59. The van der Waals surface area contributed by atoms with E-state index in [2.05, 4.69) is 28.8 Å². The quantitative estimate of drug-likeness (QED) is 0.0901. The third-order valence-electron chi connectivity index (χ3n) is 7.29. The Bertz CT molecular complexity index is 1640. The molecule has 0 aliphatic heterocycles. The van der Waals surface area contributed by atoms with E-state index in [1.165, 1.54) is 40.7 Å². The van der Waals surface area contributed by atoms with Gasteiger partial charge < -0.3 is 9.80 Å². The number of hydrogen-bond acceptors (Lipinski definition) is 8. The van der Waals surface area contributed by atoms with E-state index in [0.717, 1.165) is 35.3 Å². The van der Waals surface area contributed by atoms with Crippen LogP contribution in [0.1, 0.15) is 37.6 Å². The van der Waals surface area contributed by atoms with Crippen LogP contribution in [-0.4, -0.2) is 63.1 Å². The van der Waals surface area contributed by atoms with Gasteiger partial charge in [-0.25, -0.2) is 13.5 Å². The van der Waals surface area contributed by atoms with Crippen LogP contribution in [0.25, 0.3) is 11.1 Å². The van der Waals surface area contributed by atoms with E-state index in [0.29, 0.717) is 42.7 Å². The van der Waals surface area contributed by atoms with E-state index in [1.54, 1.807) is 29.4 Å². The number of carbonyl (C=O) groups is 2. The van der Waals surface area contributed by atoms with Gasteiger partial charge in [-0.05, 0) is 66.0 Å². The molecule has 0 atom stereocenters. The molecule has 0 fully saturated rings. The highest BCUT2D eigenvalue weighted by Crippen LogP contribution is 2.22. The summed E-state index contributed by atoms with van der Waals surface area (Å²) >= 11 is 1.29. The minimum absolute atomic E-state index is 0.0556. The lowest BCUT2D eigenvalue weighted by molar-refractivity contribution is -0.133. The van der Waals surface area contributed by atoms with Gasteiger partial charge in [-0.2, -0.15) is 10.1 Å². The summed E-state index contributed by atoms with van der Waals surface area (Å²) in [6.45, 7) is 9.33. The molecule has 0 saturated heterocycles. The lowest BCUT2D eigenvalue weighted by Gasteiger charge is -2.27. The van der Waals surface area contributed by atoms with Gasteiger partial charge in [0.2, 0.25) is 5.91 Å². The topological polar surface area (TPSA) is 118 Å². The highest BCUT2D eigenvalue weighted by Gasteiger charge is 2.19. The van der Waals surface area contributed by atoms with Crippen molar-refractivity contribution in [2.45, 2.75) is 51.2 Å². The third-order valence-corrected chi connectivity index (χ3v) is 8.33. The molecule has 0 N–H and O–H groups in total. The van der Waals surface area contributed by atoms with Gasteiger partial charge in [0.05, 0.1) is 0 Å². The monoisotopic (exact) mass is 664 g/mol. The first kappa shape index (κ1) is 36.8. The van der Waals surface area contributed by atoms with E-state index in [9.17, 15) is 18.4 Å². The van der Waals surface area contributed by atoms with Crippen LogP contribution < -0.4 is 5.56 Å². The number of hydrogen-bond donors (Lipinski definition) is 0. The molecule has 0 spiro atoms. The van der Waals surface area contributed by atoms with Crippen molar-refractivity contribution in [2.24, 2.45) is 5.18 Å². The maximum Gasteiger partial charge on any atom is 0.295 e. The summed E-state index contributed by atoms with van der Waals surface area (Å²) in [5, 5.41) is 6.65. The maximum atomic E-state index is 13.8. The van der Waals surface area contributed by atoms with Gasteiger partial charge in [0, 0.05) is 30.6 Å². The summed E-state index contributed by atoms with van der Waals surface area (Å²) in [5.41, 5.74) is 3.59. The number of rotatable bonds is 15. The number of carbonyl (C=O) groups excluding carboxylic acids is 2. The molecule has 4 rings (SSSR count). The number of nitroso groups, excluding NO2 is 1. The first-order valence-electron chi connectivity index (χ1n) is 15.2. The number of aromatic nitrogens is 3. The number of thioether (sulfide) groups is 1. The summed E-state index contributed by atoms with van der Waals surface area (Å²) in [5.74, 6) is -0.296. The molecule has 0 unspecified atom stereocenters. The Balaban J connectivity index is 0.00000142. The second kappa shape index (κ2) is 19.1. The van der Waals surface area contributed by atoms with E-state index in [1.807, 2.05) is 36.1 Å². The number of aryl methyl sites for hydroxylation is 1. The van der Waals surface area contributed by atoms with Crippen LogP contribution in [0, 0.1) is 16.5 Å². The molecule has 4 aromatic rings. The molecule has 0 aliphatic carbocycles. The Labute approximate surface area is 276 Å². The lowest BCUT2D eigenvalue weighted by Crippen LogP contribution is -2.40. The molecular formula is C34H38F2N6O4S. The Morgan fingerprint density at radius 2 is 1.40 bits per heavy atom. The summed E-state index contributed by atoms with van der Waals surface area (Å²) in [6.07, 6.45) is 0.342. The fourth-order valence-corrected chi connectivity index (χ4v) is 5.48. The number of likely N-dealkylation sites (N-methyl/N-ethyl adjacent to an activating group) is 1. The summed E-state index contributed by atoms with van der Waals surface area (Å²) < 4.78 is 28.2. The van der Waals surface area contributed by atoms with Crippen LogP contribution in [0.2, 0.25) is 0 Å². The van der Waals surface area contributed by atoms with Gasteiger partial charge in [-0.1, -0.05) is 81.1 Å². The standard InChI is InChI=1S/C33H37F2N5O2S.CHNO2/c1-4-30-32(42)36-33(43-23-25-9-15-28(34)16-10-25)40(37-30)22-31(41)39(20-19-38(5-2)6-3)21-24-7-11-26(12-8-24)27-13-17-29(35)18-14-27;3-1-2-4/h7-18H,4-6,19-23H2,1-3H3;1H. The summed E-state index contributed by atoms with van der Waals surface area (Å²) in [7, 11) is 0. The van der Waals surface area contributed by atoms with Gasteiger partial charge in [0.15, 0.2) is 5.16 Å². The normalized spacial score (nSPS) is 10.7.